The van der Waals surface area contributed by atoms with Crippen molar-refractivity contribution in [1.29, 1.82) is 5.26 Å². The fraction of sp³-hybridized carbons (Fsp3) is 0.875. The van der Waals surface area contributed by atoms with Crippen LogP contribution in [0.25, 0.3) is 0 Å². The Morgan fingerprint density at radius 2 is 2.00 bits per heavy atom. The van der Waals surface area contributed by atoms with Gasteiger partial charge in [0.2, 0.25) is 0 Å². The van der Waals surface area contributed by atoms with Crippen LogP contribution >= 0.6 is 0 Å². The maximum Gasteiger partial charge on any atom is 0.144 e. The van der Waals surface area contributed by atoms with Crippen molar-refractivity contribution in [3.8, 4) is 6.07 Å². The molecule has 0 amide bonds. The lowest BCUT2D eigenvalue weighted by Gasteiger charge is -2.20. The first kappa shape index (κ1) is 9.45. The summed E-state index contributed by atoms with van der Waals surface area (Å²) in [5, 5.41) is 8.51. The lowest BCUT2D eigenvalue weighted by Crippen LogP contribution is -2.17. The van der Waals surface area contributed by atoms with E-state index in [0.29, 0.717) is 0 Å². The van der Waals surface area contributed by atoms with E-state index in [-0.39, 0.29) is 11.5 Å². The summed E-state index contributed by atoms with van der Waals surface area (Å²) in [5.41, 5.74) is 0.177. The monoisotopic (exact) mass is 141 g/mol. The summed E-state index contributed by atoms with van der Waals surface area (Å²) in [5.74, 6) is 0. The highest BCUT2D eigenvalue weighted by Gasteiger charge is 2.17. The van der Waals surface area contributed by atoms with Gasteiger partial charge in [-0.15, -0.1) is 0 Å². The van der Waals surface area contributed by atoms with Gasteiger partial charge in [-0.3, -0.25) is 0 Å². The summed E-state index contributed by atoms with van der Waals surface area (Å²) >= 11 is 0. The minimum atomic E-state index is -0.250. The van der Waals surface area contributed by atoms with Crippen molar-refractivity contribution in [3.05, 3.63) is 0 Å². The third-order valence-corrected chi connectivity index (χ3v) is 1.23. The topological polar surface area (TPSA) is 33.0 Å². The number of hydrogen-bond acceptors (Lipinski definition) is 2. The highest BCUT2D eigenvalue weighted by Crippen LogP contribution is 2.21. The van der Waals surface area contributed by atoms with Crippen molar-refractivity contribution in [2.24, 2.45) is 5.41 Å². The first-order valence-electron chi connectivity index (χ1n) is 3.42. The van der Waals surface area contributed by atoms with Crippen LogP contribution in [0.4, 0.5) is 0 Å². The maximum absolute atomic E-state index is 8.51. The van der Waals surface area contributed by atoms with Gasteiger partial charge in [0.15, 0.2) is 0 Å². The molecule has 0 N–H and O–H groups in total. The summed E-state index contributed by atoms with van der Waals surface area (Å²) < 4.78 is 4.91. The third kappa shape index (κ3) is 4.34. The molecule has 10 heavy (non-hydrogen) atoms. The molecule has 0 spiro atoms. The summed E-state index contributed by atoms with van der Waals surface area (Å²) in [6.45, 7) is 6.28. The zero-order valence-corrected chi connectivity index (χ0v) is 7.14. The molecule has 0 aromatic heterocycles. The average molecular weight is 141 g/mol. The zero-order chi connectivity index (χ0) is 8.20. The standard InChI is InChI=1S/C8H15NO/c1-8(2,3)5-7(6-9)10-4/h7H,5H2,1-4H3. The Kier molecular flexibility index (Phi) is 3.38. The van der Waals surface area contributed by atoms with Gasteiger partial charge in [0, 0.05) is 7.11 Å². The van der Waals surface area contributed by atoms with Crippen molar-refractivity contribution in [1.82, 2.24) is 0 Å². The van der Waals surface area contributed by atoms with Crippen LogP contribution in [-0.2, 0) is 4.74 Å². The van der Waals surface area contributed by atoms with E-state index in [2.05, 4.69) is 26.8 Å². The molecular weight excluding hydrogens is 126 g/mol. The van der Waals surface area contributed by atoms with E-state index in [1.54, 1.807) is 7.11 Å². The molecule has 0 fully saturated rings. The third-order valence-electron chi connectivity index (χ3n) is 1.23. The average Bonchev–Trinajstić information content (AvgIpc) is 1.81. The van der Waals surface area contributed by atoms with Crippen LogP contribution < -0.4 is 0 Å². The van der Waals surface area contributed by atoms with Gasteiger partial charge in [-0.1, -0.05) is 20.8 Å². The van der Waals surface area contributed by atoms with Crippen LogP contribution in [0.2, 0.25) is 0 Å². The van der Waals surface area contributed by atoms with E-state index in [4.69, 9.17) is 10.00 Å². The molecule has 2 heteroatoms. The van der Waals surface area contributed by atoms with Crippen molar-refractivity contribution >= 4 is 0 Å². The normalized spacial score (nSPS) is 14.3. The Hall–Kier alpha value is -0.550. The Balaban J connectivity index is 3.78. The molecule has 58 valence electrons. The van der Waals surface area contributed by atoms with Gasteiger partial charge >= 0.3 is 0 Å². The van der Waals surface area contributed by atoms with Gasteiger partial charge in [-0.05, 0) is 11.8 Å². The molecule has 0 aliphatic carbocycles. The van der Waals surface area contributed by atoms with E-state index >= 15 is 0 Å². The SMILES string of the molecule is COC(C#N)CC(C)(C)C. The Morgan fingerprint density at radius 1 is 1.50 bits per heavy atom. The quantitative estimate of drug-likeness (QED) is 0.589. The van der Waals surface area contributed by atoms with Crippen molar-refractivity contribution in [2.75, 3.05) is 7.11 Å². The van der Waals surface area contributed by atoms with E-state index in [1.807, 2.05) is 0 Å². The van der Waals surface area contributed by atoms with Gasteiger partial charge in [-0.2, -0.15) is 5.26 Å². The smallest absolute Gasteiger partial charge is 0.144 e. The number of methoxy groups -OCH3 is 1. The van der Waals surface area contributed by atoms with Crippen LogP contribution in [0.5, 0.6) is 0 Å². The van der Waals surface area contributed by atoms with Crippen LogP contribution in [0.15, 0.2) is 0 Å². The number of rotatable bonds is 2. The van der Waals surface area contributed by atoms with Crippen molar-refractivity contribution < 1.29 is 4.74 Å². The van der Waals surface area contributed by atoms with E-state index in [9.17, 15) is 0 Å². The molecule has 0 aliphatic heterocycles. The Morgan fingerprint density at radius 3 is 2.10 bits per heavy atom. The number of nitriles is 1. The second kappa shape index (κ2) is 3.58. The Bertz CT molecular complexity index is 129. The summed E-state index contributed by atoms with van der Waals surface area (Å²) in [6, 6.07) is 2.09. The zero-order valence-electron chi connectivity index (χ0n) is 7.14. The molecule has 0 heterocycles. The van der Waals surface area contributed by atoms with Gasteiger partial charge in [0.25, 0.3) is 0 Å². The van der Waals surface area contributed by atoms with Crippen LogP contribution in [0.1, 0.15) is 27.2 Å². The van der Waals surface area contributed by atoms with Gasteiger partial charge < -0.3 is 4.74 Å². The van der Waals surface area contributed by atoms with Crippen LogP contribution in [0.3, 0.4) is 0 Å². The molecule has 0 aromatic carbocycles. The Labute approximate surface area is 62.8 Å². The van der Waals surface area contributed by atoms with Crippen molar-refractivity contribution in [2.45, 2.75) is 33.3 Å². The molecule has 1 unspecified atom stereocenters. The molecule has 2 nitrogen and oxygen atoms in total. The van der Waals surface area contributed by atoms with Crippen LogP contribution in [0, 0.1) is 16.7 Å². The van der Waals surface area contributed by atoms with E-state index in [1.165, 1.54) is 0 Å². The second-order valence-corrected chi connectivity index (χ2v) is 3.62. The highest BCUT2D eigenvalue weighted by molar-refractivity contribution is 4.86. The minimum absolute atomic E-state index is 0.177. The summed E-state index contributed by atoms with van der Waals surface area (Å²) in [4.78, 5) is 0. The molecule has 0 bridgehead atoms. The van der Waals surface area contributed by atoms with Gasteiger partial charge in [0.05, 0.1) is 6.07 Å². The summed E-state index contributed by atoms with van der Waals surface area (Å²) in [7, 11) is 1.57. The van der Waals surface area contributed by atoms with E-state index < -0.39 is 0 Å². The highest BCUT2D eigenvalue weighted by atomic mass is 16.5. The molecule has 0 aliphatic rings. The molecule has 0 aromatic rings. The fourth-order valence-corrected chi connectivity index (χ4v) is 0.738. The molecule has 1 atom stereocenters. The number of ether oxygens (including phenoxy) is 1. The summed E-state index contributed by atoms with van der Waals surface area (Å²) in [6.07, 6.45) is 0.542. The van der Waals surface area contributed by atoms with Gasteiger partial charge in [-0.25, -0.2) is 0 Å². The number of nitrogens with zero attached hydrogens (tertiary/aromatic N) is 1. The number of hydrogen-bond donors (Lipinski definition) is 0. The second-order valence-electron chi connectivity index (χ2n) is 3.62. The predicted molar refractivity (Wildman–Crippen MR) is 40.5 cm³/mol. The lowest BCUT2D eigenvalue weighted by atomic mass is 9.90. The lowest BCUT2D eigenvalue weighted by molar-refractivity contribution is 0.107. The van der Waals surface area contributed by atoms with E-state index in [0.717, 1.165) is 6.42 Å². The molecule has 0 radical (unpaired) electrons. The first-order chi connectivity index (χ1) is 4.49. The van der Waals surface area contributed by atoms with Crippen molar-refractivity contribution in [3.63, 3.8) is 0 Å². The first-order valence-corrected chi connectivity index (χ1v) is 3.42. The molecule has 0 rings (SSSR count). The minimum Gasteiger partial charge on any atom is -0.367 e. The fourth-order valence-electron chi connectivity index (χ4n) is 0.738. The molecule has 0 saturated carbocycles. The van der Waals surface area contributed by atoms with Crippen LogP contribution in [-0.4, -0.2) is 13.2 Å². The largest absolute Gasteiger partial charge is 0.367 e. The van der Waals surface area contributed by atoms with Gasteiger partial charge in [0.1, 0.15) is 6.10 Å². The molecule has 0 saturated heterocycles. The predicted octanol–water partition coefficient (Wildman–Crippen LogP) is 1.96. The molecular formula is C8H15NO. The maximum atomic E-state index is 8.51.